The van der Waals surface area contributed by atoms with Gasteiger partial charge in [0.2, 0.25) is 0 Å². The summed E-state index contributed by atoms with van der Waals surface area (Å²) < 4.78 is 0. The lowest BCUT2D eigenvalue weighted by molar-refractivity contribution is 0.681. The molecule has 1 unspecified atom stereocenters. The van der Waals surface area contributed by atoms with Crippen molar-refractivity contribution < 1.29 is 0 Å². The summed E-state index contributed by atoms with van der Waals surface area (Å²) in [5.41, 5.74) is 8.95. The van der Waals surface area contributed by atoms with E-state index in [-0.39, 0.29) is 0 Å². The maximum atomic E-state index is 5.43. The minimum atomic E-state index is 0.312. The first kappa shape index (κ1) is 10.2. The van der Waals surface area contributed by atoms with E-state index in [0.717, 1.165) is 12.1 Å². The predicted molar refractivity (Wildman–Crippen MR) is 68.3 cm³/mol. The molecule has 0 spiro atoms. The molecule has 0 saturated carbocycles. The molecule has 80 valence electrons. The average Bonchev–Trinajstić information content (AvgIpc) is 2.17. The monoisotopic (exact) mass is 221 g/mol. The molecule has 0 aromatic heterocycles. The third-order valence-electron chi connectivity index (χ3n) is 2.62. The highest BCUT2D eigenvalue weighted by atomic mass is 32.1. The van der Waals surface area contributed by atoms with Gasteiger partial charge in [-0.05, 0) is 55.7 Å². The van der Waals surface area contributed by atoms with Gasteiger partial charge in [-0.15, -0.1) is 0 Å². The summed E-state index contributed by atoms with van der Waals surface area (Å²) in [4.78, 5) is 0. The summed E-state index contributed by atoms with van der Waals surface area (Å²) in [7, 11) is 0. The molecule has 0 amide bonds. The van der Waals surface area contributed by atoms with Crippen LogP contribution in [0.1, 0.15) is 18.9 Å². The zero-order valence-electron chi connectivity index (χ0n) is 8.71. The van der Waals surface area contributed by atoms with E-state index in [0.29, 0.717) is 11.2 Å². The van der Waals surface area contributed by atoms with Gasteiger partial charge in [0.1, 0.15) is 0 Å². The van der Waals surface area contributed by atoms with Crippen molar-refractivity contribution in [3.8, 4) is 0 Å². The minimum Gasteiger partial charge on any atom is -0.382 e. The van der Waals surface area contributed by atoms with Gasteiger partial charge in [0, 0.05) is 17.4 Å². The molecule has 4 N–H and O–H groups in total. The van der Waals surface area contributed by atoms with E-state index in [1.54, 1.807) is 0 Å². The Balaban J connectivity index is 2.23. The Morgan fingerprint density at radius 1 is 1.60 bits per heavy atom. The lowest BCUT2D eigenvalue weighted by Crippen LogP contribution is -2.23. The van der Waals surface area contributed by atoms with E-state index in [1.165, 1.54) is 17.7 Å². The largest absolute Gasteiger partial charge is 0.382 e. The third kappa shape index (κ3) is 2.39. The molecule has 2 rings (SSSR count). The number of hydrogen-bond acceptors (Lipinski definition) is 2. The minimum absolute atomic E-state index is 0.312. The van der Waals surface area contributed by atoms with E-state index in [2.05, 4.69) is 29.7 Å². The lowest BCUT2D eigenvalue weighted by Gasteiger charge is -2.24. The van der Waals surface area contributed by atoms with Crippen LogP contribution in [0.4, 0.5) is 11.4 Å². The van der Waals surface area contributed by atoms with Crippen LogP contribution in [0.5, 0.6) is 0 Å². The molecule has 3 nitrogen and oxygen atoms in total. The first-order valence-corrected chi connectivity index (χ1v) is 5.52. The first-order chi connectivity index (χ1) is 7.15. The van der Waals surface area contributed by atoms with Crippen molar-refractivity contribution in [1.82, 2.24) is 0 Å². The molecule has 1 heterocycles. The molecule has 0 aliphatic carbocycles. The van der Waals surface area contributed by atoms with Crippen LogP contribution >= 0.6 is 12.2 Å². The number of nitrogens with two attached hydrogens (primary N) is 1. The SMILES string of the molecule is CC1CCc2cc(NC(N)=S)ccc2N1. The Kier molecular flexibility index (Phi) is 2.77. The van der Waals surface area contributed by atoms with Crippen LogP contribution in [0.2, 0.25) is 0 Å². The van der Waals surface area contributed by atoms with E-state index < -0.39 is 0 Å². The van der Waals surface area contributed by atoms with Crippen LogP contribution in [-0.2, 0) is 6.42 Å². The molecule has 0 radical (unpaired) electrons. The quantitative estimate of drug-likeness (QED) is 0.636. The van der Waals surface area contributed by atoms with Crippen molar-refractivity contribution in [2.45, 2.75) is 25.8 Å². The van der Waals surface area contributed by atoms with Gasteiger partial charge in [-0.25, -0.2) is 0 Å². The number of nitrogens with one attached hydrogen (secondary N) is 2. The van der Waals surface area contributed by atoms with Crippen molar-refractivity contribution in [2.75, 3.05) is 10.6 Å². The summed E-state index contributed by atoms with van der Waals surface area (Å²) in [6.45, 7) is 2.20. The maximum absolute atomic E-state index is 5.43. The van der Waals surface area contributed by atoms with Gasteiger partial charge in [0.05, 0.1) is 0 Å². The van der Waals surface area contributed by atoms with Gasteiger partial charge >= 0.3 is 0 Å². The summed E-state index contributed by atoms with van der Waals surface area (Å²) in [6, 6.07) is 6.73. The highest BCUT2D eigenvalue weighted by Gasteiger charge is 2.13. The van der Waals surface area contributed by atoms with Crippen LogP contribution in [-0.4, -0.2) is 11.2 Å². The lowest BCUT2D eigenvalue weighted by atomic mass is 9.98. The molecule has 4 heteroatoms. The molecule has 1 aliphatic heterocycles. The number of fused-ring (bicyclic) bond motifs is 1. The highest BCUT2D eigenvalue weighted by Crippen LogP contribution is 2.27. The number of aryl methyl sites for hydroxylation is 1. The molecule has 15 heavy (non-hydrogen) atoms. The van der Waals surface area contributed by atoms with E-state index in [9.17, 15) is 0 Å². The average molecular weight is 221 g/mol. The third-order valence-corrected chi connectivity index (χ3v) is 2.72. The van der Waals surface area contributed by atoms with Gasteiger partial charge in [0.25, 0.3) is 0 Å². The highest BCUT2D eigenvalue weighted by molar-refractivity contribution is 7.80. The summed E-state index contributed by atoms with van der Waals surface area (Å²) >= 11 is 4.80. The van der Waals surface area contributed by atoms with Gasteiger partial charge in [-0.2, -0.15) is 0 Å². The number of rotatable bonds is 1. The predicted octanol–water partition coefficient (Wildman–Crippen LogP) is 2.09. The molecule has 0 bridgehead atoms. The van der Waals surface area contributed by atoms with Crippen molar-refractivity contribution >= 4 is 28.7 Å². The number of benzene rings is 1. The Morgan fingerprint density at radius 3 is 3.13 bits per heavy atom. The van der Waals surface area contributed by atoms with E-state index >= 15 is 0 Å². The van der Waals surface area contributed by atoms with Crippen molar-refractivity contribution in [1.29, 1.82) is 0 Å². The summed E-state index contributed by atoms with van der Waals surface area (Å²) in [5, 5.41) is 6.71. The Morgan fingerprint density at radius 2 is 2.40 bits per heavy atom. The second-order valence-corrected chi connectivity index (χ2v) is 4.39. The molecule has 0 saturated heterocycles. The van der Waals surface area contributed by atoms with E-state index in [4.69, 9.17) is 18.0 Å². The Labute approximate surface area is 95.0 Å². The number of hydrogen-bond donors (Lipinski definition) is 3. The fraction of sp³-hybridized carbons (Fsp3) is 0.364. The van der Waals surface area contributed by atoms with Gasteiger partial charge < -0.3 is 16.4 Å². The van der Waals surface area contributed by atoms with Crippen LogP contribution in [0.15, 0.2) is 18.2 Å². The maximum Gasteiger partial charge on any atom is 0.168 e. The standard InChI is InChI=1S/C11H15N3S/c1-7-2-3-8-6-9(14-11(12)15)4-5-10(8)13-7/h4-7,13H,2-3H2,1H3,(H3,12,14,15). The summed E-state index contributed by atoms with van der Waals surface area (Å²) in [6.07, 6.45) is 2.28. The van der Waals surface area contributed by atoms with Crippen molar-refractivity contribution in [3.63, 3.8) is 0 Å². The topological polar surface area (TPSA) is 50.1 Å². The van der Waals surface area contributed by atoms with Crippen LogP contribution in [0.25, 0.3) is 0 Å². The second-order valence-electron chi connectivity index (χ2n) is 3.95. The molecule has 1 aromatic carbocycles. The Bertz CT molecular complexity index is 389. The zero-order valence-corrected chi connectivity index (χ0v) is 9.53. The van der Waals surface area contributed by atoms with Crippen molar-refractivity contribution in [3.05, 3.63) is 23.8 Å². The van der Waals surface area contributed by atoms with Crippen LogP contribution in [0.3, 0.4) is 0 Å². The zero-order chi connectivity index (χ0) is 10.8. The fourth-order valence-electron chi connectivity index (χ4n) is 1.87. The Hall–Kier alpha value is -1.29. The fourth-order valence-corrected chi connectivity index (χ4v) is 1.99. The molecule has 1 aliphatic rings. The van der Waals surface area contributed by atoms with Gasteiger partial charge in [-0.3, -0.25) is 0 Å². The second kappa shape index (κ2) is 4.06. The first-order valence-electron chi connectivity index (χ1n) is 5.11. The van der Waals surface area contributed by atoms with Crippen LogP contribution < -0.4 is 16.4 Å². The molecular weight excluding hydrogens is 206 g/mol. The van der Waals surface area contributed by atoms with Crippen molar-refractivity contribution in [2.24, 2.45) is 5.73 Å². The molecular formula is C11H15N3S. The smallest absolute Gasteiger partial charge is 0.168 e. The molecule has 1 atom stereocenters. The molecule has 1 aromatic rings. The van der Waals surface area contributed by atoms with E-state index in [1.807, 2.05) is 6.07 Å². The normalized spacial score (nSPS) is 18.9. The number of anilines is 2. The van der Waals surface area contributed by atoms with Gasteiger partial charge in [-0.1, -0.05) is 0 Å². The molecule has 0 fully saturated rings. The van der Waals surface area contributed by atoms with Gasteiger partial charge in [0.15, 0.2) is 5.11 Å². The summed E-state index contributed by atoms with van der Waals surface area (Å²) in [5.74, 6) is 0. The number of thiocarbonyl (C=S) groups is 1. The van der Waals surface area contributed by atoms with Crippen LogP contribution in [0, 0.1) is 0 Å².